The molecule has 0 bridgehead atoms. The Morgan fingerprint density at radius 2 is 1.92 bits per heavy atom. The monoisotopic (exact) mass is 335 g/mol. The van der Waals surface area contributed by atoms with Crippen molar-refractivity contribution in [1.29, 1.82) is 0 Å². The summed E-state index contributed by atoms with van der Waals surface area (Å²) in [5.74, 6) is 0.650. The first-order chi connectivity index (χ1) is 12.2. The number of fused-ring (bicyclic) bond motifs is 3. The van der Waals surface area contributed by atoms with Gasteiger partial charge in [0.25, 0.3) is 0 Å². The van der Waals surface area contributed by atoms with Crippen molar-refractivity contribution >= 4 is 28.2 Å². The second kappa shape index (κ2) is 5.75. The Labute approximate surface area is 140 Å². The average Bonchev–Trinajstić information content (AvgIpc) is 3.00. The van der Waals surface area contributed by atoms with Gasteiger partial charge in [-0.05, 0) is 29.8 Å². The van der Waals surface area contributed by atoms with Gasteiger partial charge in [-0.1, -0.05) is 0 Å². The molecule has 4 rings (SSSR count). The predicted octanol–water partition coefficient (Wildman–Crippen LogP) is 1.46. The van der Waals surface area contributed by atoms with Crippen molar-refractivity contribution in [3.05, 3.63) is 69.1 Å². The Bertz CT molecular complexity index is 1220. The lowest BCUT2D eigenvalue weighted by atomic mass is 10.2. The summed E-state index contributed by atoms with van der Waals surface area (Å²) in [6, 6.07) is 8.75. The van der Waals surface area contributed by atoms with E-state index in [4.69, 9.17) is 4.74 Å². The van der Waals surface area contributed by atoms with Gasteiger partial charge in [0, 0.05) is 23.8 Å². The Balaban J connectivity index is 1.92. The molecule has 0 spiro atoms. The van der Waals surface area contributed by atoms with Crippen molar-refractivity contribution in [3.8, 4) is 5.75 Å². The molecule has 25 heavy (non-hydrogen) atoms. The SMILES string of the molecule is COc1ccc2c(c1)[nH]c1c(=O)n(/N=C\c3ccncc3)c(=O)[nH]c12. The van der Waals surface area contributed by atoms with Gasteiger partial charge in [-0.25, -0.2) is 4.79 Å². The Kier molecular flexibility index (Phi) is 3.42. The predicted molar refractivity (Wildman–Crippen MR) is 94.5 cm³/mol. The molecule has 1 aromatic carbocycles. The van der Waals surface area contributed by atoms with Crippen molar-refractivity contribution in [2.75, 3.05) is 7.11 Å². The van der Waals surface area contributed by atoms with Gasteiger partial charge in [0.1, 0.15) is 11.3 Å². The Morgan fingerprint density at radius 1 is 1.12 bits per heavy atom. The number of nitrogens with zero attached hydrogens (tertiary/aromatic N) is 3. The van der Waals surface area contributed by atoms with Gasteiger partial charge in [-0.3, -0.25) is 9.78 Å². The number of ether oxygens (including phenoxy) is 1. The van der Waals surface area contributed by atoms with Crippen LogP contribution in [0, 0.1) is 0 Å². The van der Waals surface area contributed by atoms with Crippen LogP contribution >= 0.6 is 0 Å². The third-order valence-electron chi connectivity index (χ3n) is 3.86. The largest absolute Gasteiger partial charge is 0.497 e. The van der Waals surface area contributed by atoms with Gasteiger partial charge in [-0.15, -0.1) is 4.68 Å². The molecule has 0 atom stereocenters. The standard InChI is InChI=1S/C17H13N5O3/c1-25-11-2-3-12-13(8-11)20-15-14(12)21-17(24)22(16(15)23)19-9-10-4-6-18-7-5-10/h2-9,20H,1H3,(H,21,24)/b19-9-. The highest BCUT2D eigenvalue weighted by Gasteiger charge is 2.13. The summed E-state index contributed by atoms with van der Waals surface area (Å²) in [4.78, 5) is 34.6. The molecule has 3 heterocycles. The molecule has 0 radical (unpaired) electrons. The van der Waals surface area contributed by atoms with E-state index in [1.807, 2.05) is 0 Å². The number of aromatic nitrogens is 4. The van der Waals surface area contributed by atoms with Crippen LogP contribution in [0.5, 0.6) is 5.75 Å². The molecule has 8 nitrogen and oxygen atoms in total. The molecule has 4 aromatic rings. The van der Waals surface area contributed by atoms with Crippen LogP contribution in [0.2, 0.25) is 0 Å². The fraction of sp³-hybridized carbons (Fsp3) is 0.0588. The molecule has 0 amide bonds. The van der Waals surface area contributed by atoms with Gasteiger partial charge in [-0.2, -0.15) is 5.10 Å². The number of hydrogen-bond acceptors (Lipinski definition) is 5. The van der Waals surface area contributed by atoms with Gasteiger partial charge >= 0.3 is 11.2 Å². The molecule has 8 heteroatoms. The third kappa shape index (κ3) is 2.49. The number of H-pyrrole nitrogens is 2. The van der Waals surface area contributed by atoms with Crippen LogP contribution in [0.4, 0.5) is 0 Å². The Morgan fingerprint density at radius 3 is 2.68 bits per heavy atom. The van der Waals surface area contributed by atoms with Crippen LogP contribution in [0.15, 0.2) is 57.4 Å². The average molecular weight is 335 g/mol. The molecular formula is C17H13N5O3. The molecule has 0 fully saturated rings. The van der Waals surface area contributed by atoms with E-state index in [0.717, 1.165) is 15.6 Å². The minimum atomic E-state index is -0.612. The first-order valence-electron chi connectivity index (χ1n) is 7.46. The molecule has 0 unspecified atom stereocenters. The highest BCUT2D eigenvalue weighted by Crippen LogP contribution is 2.24. The second-order valence-electron chi connectivity index (χ2n) is 5.36. The Hall–Kier alpha value is -3.68. The lowest BCUT2D eigenvalue weighted by Crippen LogP contribution is -2.32. The fourth-order valence-corrected chi connectivity index (χ4v) is 2.63. The summed E-state index contributed by atoms with van der Waals surface area (Å²) in [6.07, 6.45) is 4.63. The van der Waals surface area contributed by atoms with E-state index in [2.05, 4.69) is 20.1 Å². The number of aromatic amines is 2. The zero-order chi connectivity index (χ0) is 17.4. The number of methoxy groups -OCH3 is 1. The highest BCUT2D eigenvalue weighted by atomic mass is 16.5. The van der Waals surface area contributed by atoms with E-state index < -0.39 is 11.2 Å². The maximum atomic E-state index is 12.6. The van der Waals surface area contributed by atoms with E-state index in [1.54, 1.807) is 49.8 Å². The normalized spacial score (nSPS) is 11.6. The van der Waals surface area contributed by atoms with Crippen molar-refractivity contribution in [1.82, 2.24) is 19.6 Å². The van der Waals surface area contributed by atoms with E-state index in [-0.39, 0.29) is 5.52 Å². The number of nitrogens with one attached hydrogen (secondary N) is 2. The first-order valence-corrected chi connectivity index (χ1v) is 7.46. The quantitative estimate of drug-likeness (QED) is 0.553. The van der Waals surface area contributed by atoms with Crippen LogP contribution in [-0.4, -0.2) is 33.0 Å². The second-order valence-corrected chi connectivity index (χ2v) is 5.36. The first kappa shape index (κ1) is 14.9. The van der Waals surface area contributed by atoms with E-state index in [0.29, 0.717) is 16.8 Å². The van der Waals surface area contributed by atoms with Crippen LogP contribution in [0.25, 0.3) is 21.9 Å². The van der Waals surface area contributed by atoms with Crippen molar-refractivity contribution in [2.45, 2.75) is 0 Å². The maximum Gasteiger partial charge on any atom is 0.350 e. The molecular weight excluding hydrogens is 322 g/mol. The summed E-state index contributed by atoms with van der Waals surface area (Å²) >= 11 is 0. The zero-order valence-corrected chi connectivity index (χ0v) is 13.2. The van der Waals surface area contributed by atoms with Crippen LogP contribution in [0.3, 0.4) is 0 Å². The highest BCUT2D eigenvalue weighted by molar-refractivity contribution is 6.04. The van der Waals surface area contributed by atoms with Gasteiger partial charge in [0.05, 0.1) is 24.4 Å². The van der Waals surface area contributed by atoms with Crippen LogP contribution in [0.1, 0.15) is 5.56 Å². The molecule has 0 aliphatic rings. The lowest BCUT2D eigenvalue weighted by molar-refractivity contribution is 0.415. The van der Waals surface area contributed by atoms with Gasteiger partial charge < -0.3 is 14.7 Å². The van der Waals surface area contributed by atoms with Gasteiger partial charge in [0.2, 0.25) is 0 Å². The summed E-state index contributed by atoms with van der Waals surface area (Å²) < 4.78 is 5.97. The molecule has 0 saturated heterocycles. The fourth-order valence-electron chi connectivity index (χ4n) is 2.63. The smallest absolute Gasteiger partial charge is 0.350 e. The summed E-state index contributed by atoms with van der Waals surface area (Å²) in [5, 5.41) is 4.72. The summed E-state index contributed by atoms with van der Waals surface area (Å²) in [7, 11) is 1.56. The topological polar surface area (TPSA) is 105 Å². The van der Waals surface area contributed by atoms with E-state index in [9.17, 15) is 9.59 Å². The minimum Gasteiger partial charge on any atom is -0.497 e. The number of benzene rings is 1. The minimum absolute atomic E-state index is 0.273. The summed E-state index contributed by atoms with van der Waals surface area (Å²) in [5.41, 5.74) is 0.997. The van der Waals surface area contributed by atoms with Crippen molar-refractivity contribution < 1.29 is 4.74 Å². The number of hydrogen-bond donors (Lipinski definition) is 2. The molecule has 0 aliphatic carbocycles. The molecule has 3 aromatic heterocycles. The molecule has 124 valence electrons. The molecule has 0 saturated carbocycles. The lowest BCUT2D eigenvalue weighted by Gasteiger charge is -1.98. The van der Waals surface area contributed by atoms with E-state index in [1.165, 1.54) is 6.21 Å². The van der Waals surface area contributed by atoms with Crippen molar-refractivity contribution in [3.63, 3.8) is 0 Å². The maximum absolute atomic E-state index is 12.6. The summed E-state index contributed by atoms with van der Waals surface area (Å²) in [6.45, 7) is 0. The third-order valence-corrected chi connectivity index (χ3v) is 3.86. The van der Waals surface area contributed by atoms with Crippen LogP contribution < -0.4 is 16.0 Å². The zero-order valence-electron chi connectivity index (χ0n) is 13.2. The molecule has 0 aliphatic heterocycles. The van der Waals surface area contributed by atoms with E-state index >= 15 is 0 Å². The van der Waals surface area contributed by atoms with Gasteiger partial charge in [0.15, 0.2) is 0 Å². The molecule has 2 N–H and O–H groups in total. The van der Waals surface area contributed by atoms with Crippen molar-refractivity contribution in [2.24, 2.45) is 5.10 Å². The number of rotatable bonds is 3. The number of pyridine rings is 1. The van der Waals surface area contributed by atoms with Crippen LogP contribution in [-0.2, 0) is 0 Å².